The van der Waals surface area contributed by atoms with Crippen LogP contribution in [0.4, 0.5) is 0 Å². The topological polar surface area (TPSA) is 63.6 Å². The molecule has 0 rings (SSSR count). The highest BCUT2D eigenvalue weighted by atomic mass is 16.6. The van der Waals surface area contributed by atoms with Crippen molar-refractivity contribution in [1.29, 1.82) is 0 Å². The first kappa shape index (κ1) is 17.7. The van der Waals surface area contributed by atoms with Crippen LogP contribution in [0.25, 0.3) is 0 Å². The lowest BCUT2D eigenvalue weighted by Crippen LogP contribution is -2.34. The number of unbranched alkanes of at least 4 members (excludes halogenated alkanes) is 2. The molecule has 0 aliphatic rings. The summed E-state index contributed by atoms with van der Waals surface area (Å²) in [7, 11) is 0. The van der Waals surface area contributed by atoms with Crippen LogP contribution in [-0.4, -0.2) is 22.6 Å². The summed E-state index contributed by atoms with van der Waals surface area (Å²) >= 11 is 0. The molecule has 0 aromatic heterocycles. The number of carboxylic acids is 1. The highest BCUT2D eigenvalue weighted by molar-refractivity contribution is 5.95. The van der Waals surface area contributed by atoms with Crippen LogP contribution in [0, 0.1) is 0 Å². The van der Waals surface area contributed by atoms with Gasteiger partial charge in [0, 0.05) is 11.6 Å². The van der Waals surface area contributed by atoms with E-state index in [1.807, 2.05) is 13.8 Å². The fourth-order valence-electron chi connectivity index (χ4n) is 2.02. The third-order valence-corrected chi connectivity index (χ3v) is 3.50. The zero-order chi connectivity index (χ0) is 14.9. The fraction of sp³-hybridized carbons (Fsp3) is 0.733. The second kappa shape index (κ2) is 8.73. The molecule has 0 saturated carbocycles. The van der Waals surface area contributed by atoms with Crippen LogP contribution in [0.15, 0.2) is 11.6 Å². The van der Waals surface area contributed by atoms with Crippen molar-refractivity contribution in [2.75, 3.05) is 0 Å². The molecule has 1 N–H and O–H groups in total. The number of hydrogen-bond acceptors (Lipinski definition) is 3. The third kappa shape index (κ3) is 6.41. The summed E-state index contributed by atoms with van der Waals surface area (Å²) < 4.78 is 5.58. The number of hydrogen-bond donors (Lipinski definition) is 1. The average Bonchev–Trinajstić information content (AvgIpc) is 2.36. The van der Waals surface area contributed by atoms with Crippen molar-refractivity contribution in [2.24, 2.45) is 0 Å². The van der Waals surface area contributed by atoms with Gasteiger partial charge in [0.1, 0.15) is 5.60 Å². The second-order valence-corrected chi connectivity index (χ2v) is 4.90. The van der Waals surface area contributed by atoms with E-state index >= 15 is 0 Å². The van der Waals surface area contributed by atoms with Gasteiger partial charge in [0.15, 0.2) is 0 Å². The number of esters is 1. The van der Waals surface area contributed by atoms with Gasteiger partial charge < -0.3 is 9.84 Å². The predicted octanol–water partition coefficient (Wildman–Crippen LogP) is 3.70. The van der Waals surface area contributed by atoms with E-state index in [9.17, 15) is 9.59 Å². The molecule has 0 aromatic carbocycles. The Morgan fingerprint density at radius 1 is 1.16 bits per heavy atom. The summed E-state index contributed by atoms with van der Waals surface area (Å²) in [4.78, 5) is 22.4. The van der Waals surface area contributed by atoms with E-state index in [4.69, 9.17) is 9.84 Å². The predicted molar refractivity (Wildman–Crippen MR) is 74.9 cm³/mol. The fourth-order valence-corrected chi connectivity index (χ4v) is 2.02. The van der Waals surface area contributed by atoms with Crippen molar-refractivity contribution in [1.82, 2.24) is 0 Å². The summed E-state index contributed by atoms with van der Waals surface area (Å²) in [6.07, 6.45) is 6.48. The highest BCUT2D eigenvalue weighted by Crippen LogP contribution is 2.28. The van der Waals surface area contributed by atoms with E-state index in [-0.39, 0.29) is 5.57 Å². The van der Waals surface area contributed by atoms with Crippen molar-refractivity contribution in [3.63, 3.8) is 0 Å². The molecule has 110 valence electrons. The number of carbonyl (C=O) groups is 2. The maximum Gasteiger partial charge on any atom is 0.334 e. The highest BCUT2D eigenvalue weighted by Gasteiger charge is 2.30. The van der Waals surface area contributed by atoms with Gasteiger partial charge in [0.25, 0.3) is 0 Å². The molecular weight excluding hydrogens is 244 g/mol. The largest absolute Gasteiger partial charge is 0.478 e. The Morgan fingerprint density at radius 2 is 1.74 bits per heavy atom. The summed E-state index contributed by atoms with van der Waals surface area (Å²) in [5.41, 5.74) is -0.325. The monoisotopic (exact) mass is 270 g/mol. The first-order valence-corrected chi connectivity index (χ1v) is 7.05. The van der Waals surface area contributed by atoms with Crippen LogP contribution in [-0.2, 0) is 14.3 Å². The second-order valence-electron chi connectivity index (χ2n) is 4.90. The van der Waals surface area contributed by atoms with Crippen LogP contribution in [0.2, 0.25) is 0 Å². The van der Waals surface area contributed by atoms with Gasteiger partial charge in [-0.25, -0.2) is 9.59 Å². The van der Waals surface area contributed by atoms with Crippen LogP contribution in [0.3, 0.4) is 0 Å². The molecule has 0 radical (unpaired) electrons. The van der Waals surface area contributed by atoms with E-state index in [2.05, 4.69) is 6.92 Å². The van der Waals surface area contributed by atoms with Crippen molar-refractivity contribution in [3.8, 4) is 0 Å². The Balaban J connectivity index is 4.73. The van der Waals surface area contributed by atoms with Gasteiger partial charge in [-0.3, -0.25) is 0 Å². The van der Waals surface area contributed by atoms with Crippen molar-refractivity contribution >= 4 is 11.9 Å². The first-order chi connectivity index (χ1) is 8.90. The molecule has 0 aliphatic carbocycles. The normalized spacial score (nSPS) is 12.3. The number of carbonyl (C=O) groups excluding carboxylic acids is 1. The molecule has 4 heteroatoms. The SMILES string of the molecule is CCCCCC(CC)(CC)OC(=O)/C(C)=C\C(=O)O. The first-order valence-electron chi connectivity index (χ1n) is 7.05. The molecule has 0 saturated heterocycles. The lowest BCUT2D eigenvalue weighted by atomic mass is 9.90. The van der Waals surface area contributed by atoms with Gasteiger partial charge in [0.05, 0.1) is 0 Å². The van der Waals surface area contributed by atoms with Crippen LogP contribution in [0.5, 0.6) is 0 Å². The lowest BCUT2D eigenvalue weighted by molar-refractivity contribution is -0.157. The molecule has 0 unspecified atom stereocenters. The lowest BCUT2D eigenvalue weighted by Gasteiger charge is -2.31. The number of rotatable bonds is 9. The smallest absolute Gasteiger partial charge is 0.334 e. The van der Waals surface area contributed by atoms with Gasteiger partial charge in [-0.1, -0.05) is 33.6 Å². The minimum Gasteiger partial charge on any atom is -0.478 e. The summed E-state index contributed by atoms with van der Waals surface area (Å²) in [5.74, 6) is -1.65. The van der Waals surface area contributed by atoms with E-state index in [1.54, 1.807) is 0 Å². The van der Waals surface area contributed by atoms with E-state index in [0.717, 1.165) is 44.6 Å². The zero-order valence-corrected chi connectivity index (χ0v) is 12.5. The maximum atomic E-state index is 11.9. The van der Waals surface area contributed by atoms with Gasteiger partial charge in [-0.15, -0.1) is 0 Å². The molecule has 0 bridgehead atoms. The Morgan fingerprint density at radius 3 is 2.16 bits per heavy atom. The van der Waals surface area contributed by atoms with Crippen molar-refractivity contribution < 1.29 is 19.4 Å². The number of carboxylic acid groups (broad SMARTS) is 1. The van der Waals surface area contributed by atoms with Crippen LogP contribution >= 0.6 is 0 Å². The number of ether oxygens (including phenoxy) is 1. The minimum atomic E-state index is -1.13. The molecule has 0 heterocycles. The molecule has 0 aromatic rings. The third-order valence-electron chi connectivity index (χ3n) is 3.50. The van der Waals surface area contributed by atoms with Gasteiger partial charge >= 0.3 is 11.9 Å². The molecule has 0 amide bonds. The van der Waals surface area contributed by atoms with Crippen molar-refractivity contribution in [2.45, 2.75) is 71.8 Å². The minimum absolute atomic E-state index is 0.134. The Labute approximate surface area is 115 Å². The van der Waals surface area contributed by atoms with Gasteiger partial charge in [-0.05, 0) is 32.6 Å². The molecule has 0 fully saturated rings. The van der Waals surface area contributed by atoms with Gasteiger partial charge in [-0.2, -0.15) is 0 Å². The van der Waals surface area contributed by atoms with Crippen molar-refractivity contribution in [3.05, 3.63) is 11.6 Å². The van der Waals surface area contributed by atoms with Gasteiger partial charge in [0.2, 0.25) is 0 Å². The van der Waals surface area contributed by atoms with Crippen LogP contribution < -0.4 is 0 Å². The Hall–Kier alpha value is -1.32. The van der Waals surface area contributed by atoms with E-state index < -0.39 is 17.5 Å². The summed E-state index contributed by atoms with van der Waals surface area (Å²) in [6, 6.07) is 0. The Bertz CT molecular complexity index is 327. The molecule has 19 heavy (non-hydrogen) atoms. The molecule has 4 nitrogen and oxygen atoms in total. The standard InChI is InChI=1S/C15H26O4/c1-5-8-9-10-15(6-2,7-3)19-14(18)12(4)11-13(16)17/h11H,5-10H2,1-4H3,(H,16,17)/b12-11-. The van der Waals surface area contributed by atoms with E-state index in [0.29, 0.717) is 0 Å². The molecule has 0 aliphatic heterocycles. The van der Waals surface area contributed by atoms with E-state index in [1.165, 1.54) is 6.92 Å². The zero-order valence-electron chi connectivity index (χ0n) is 12.5. The number of aliphatic carboxylic acids is 1. The molecule has 0 atom stereocenters. The maximum absolute atomic E-state index is 11.9. The quantitative estimate of drug-likeness (QED) is 0.394. The average molecular weight is 270 g/mol. The summed E-state index contributed by atoms with van der Waals surface area (Å²) in [5, 5.41) is 8.63. The molecule has 0 spiro atoms. The van der Waals surface area contributed by atoms with Crippen LogP contribution in [0.1, 0.15) is 66.2 Å². The molecular formula is C15H26O4. The summed E-state index contributed by atoms with van der Waals surface area (Å²) in [6.45, 7) is 7.60. The Kier molecular flexibility index (Phi) is 8.12.